The van der Waals surface area contributed by atoms with Crippen molar-refractivity contribution in [2.45, 2.75) is 25.9 Å². The third-order valence-electron chi connectivity index (χ3n) is 3.99. The van der Waals surface area contributed by atoms with Gasteiger partial charge >= 0.3 is 12.2 Å². The molecule has 1 unspecified atom stereocenters. The highest BCUT2D eigenvalue weighted by Gasteiger charge is 2.33. The molecule has 9 heteroatoms. The number of rotatable bonds is 4. The lowest BCUT2D eigenvalue weighted by Crippen LogP contribution is -2.38. The molecule has 1 saturated heterocycles. The van der Waals surface area contributed by atoms with E-state index in [0.717, 1.165) is 30.8 Å². The minimum Gasteiger partial charge on any atom is -0.463 e. The Bertz CT molecular complexity index is 708. The fraction of sp³-hybridized carbons (Fsp3) is 0.500. The van der Waals surface area contributed by atoms with Crippen molar-refractivity contribution in [3.8, 4) is 6.01 Å². The fourth-order valence-electron chi connectivity index (χ4n) is 2.73. The molecular formula is C16H18F3N5O. The minimum absolute atomic E-state index is 0.169. The van der Waals surface area contributed by atoms with Gasteiger partial charge in [-0.3, -0.25) is 0 Å². The van der Waals surface area contributed by atoms with Crippen LogP contribution in [0, 0.1) is 12.8 Å². The highest BCUT2D eigenvalue weighted by Crippen LogP contribution is 2.30. The van der Waals surface area contributed by atoms with Gasteiger partial charge in [0, 0.05) is 37.5 Å². The molecule has 1 aliphatic rings. The summed E-state index contributed by atoms with van der Waals surface area (Å²) in [7, 11) is 0. The molecule has 134 valence electrons. The number of aromatic nitrogens is 4. The Morgan fingerprint density at radius 1 is 1.20 bits per heavy atom. The molecule has 0 radical (unpaired) electrons. The van der Waals surface area contributed by atoms with Crippen LogP contribution in [0.25, 0.3) is 0 Å². The van der Waals surface area contributed by atoms with Crippen molar-refractivity contribution in [2.24, 2.45) is 5.92 Å². The van der Waals surface area contributed by atoms with Gasteiger partial charge in [0.15, 0.2) is 0 Å². The summed E-state index contributed by atoms with van der Waals surface area (Å²) in [4.78, 5) is 17.3. The Morgan fingerprint density at radius 2 is 1.96 bits per heavy atom. The van der Waals surface area contributed by atoms with Gasteiger partial charge in [0.1, 0.15) is 17.8 Å². The summed E-state index contributed by atoms with van der Waals surface area (Å²) in [5.41, 5.74) is 0.0179. The average molecular weight is 353 g/mol. The zero-order chi connectivity index (χ0) is 17.9. The van der Waals surface area contributed by atoms with E-state index in [1.54, 1.807) is 12.4 Å². The highest BCUT2D eigenvalue weighted by atomic mass is 19.4. The number of hydrogen-bond acceptors (Lipinski definition) is 6. The Balaban J connectivity index is 1.62. The molecular weight excluding hydrogens is 335 g/mol. The summed E-state index contributed by atoms with van der Waals surface area (Å²) in [6, 6.07) is 1.30. The number of piperidine rings is 1. The van der Waals surface area contributed by atoms with E-state index in [9.17, 15) is 13.2 Å². The van der Waals surface area contributed by atoms with E-state index < -0.39 is 11.9 Å². The van der Waals surface area contributed by atoms with Crippen LogP contribution >= 0.6 is 0 Å². The molecule has 25 heavy (non-hydrogen) atoms. The van der Waals surface area contributed by atoms with Crippen LogP contribution in [-0.4, -0.2) is 39.6 Å². The SMILES string of the molecule is Cc1cnc(OCC2CCCN(c3cc(C(F)(F)F)ncn3)C2)nc1. The van der Waals surface area contributed by atoms with E-state index in [4.69, 9.17) is 4.74 Å². The number of halogens is 3. The summed E-state index contributed by atoms with van der Waals surface area (Å²) < 4.78 is 44.0. The second-order valence-corrected chi connectivity index (χ2v) is 6.07. The molecule has 2 aromatic rings. The van der Waals surface area contributed by atoms with Crippen LogP contribution in [-0.2, 0) is 6.18 Å². The Morgan fingerprint density at radius 3 is 2.68 bits per heavy atom. The molecule has 6 nitrogen and oxygen atoms in total. The highest BCUT2D eigenvalue weighted by molar-refractivity contribution is 5.40. The number of nitrogens with zero attached hydrogens (tertiary/aromatic N) is 5. The minimum atomic E-state index is -4.47. The molecule has 3 rings (SSSR count). The summed E-state index contributed by atoms with van der Waals surface area (Å²) in [6.07, 6.45) is 1.62. The Labute approximate surface area is 143 Å². The van der Waals surface area contributed by atoms with Crippen LogP contribution in [0.15, 0.2) is 24.8 Å². The number of alkyl halides is 3. The molecule has 1 fully saturated rings. The van der Waals surface area contributed by atoms with Crippen molar-refractivity contribution in [3.63, 3.8) is 0 Å². The van der Waals surface area contributed by atoms with Crippen LogP contribution in [0.2, 0.25) is 0 Å². The summed E-state index contributed by atoms with van der Waals surface area (Å²) in [6.45, 7) is 3.53. The third-order valence-corrected chi connectivity index (χ3v) is 3.99. The van der Waals surface area contributed by atoms with E-state index >= 15 is 0 Å². The summed E-state index contributed by atoms with van der Waals surface area (Å²) in [5.74, 6) is 0.460. The summed E-state index contributed by atoms with van der Waals surface area (Å²) in [5, 5.41) is 0. The van der Waals surface area contributed by atoms with E-state index in [1.807, 2.05) is 11.8 Å². The van der Waals surface area contributed by atoms with E-state index in [1.165, 1.54) is 0 Å². The number of hydrogen-bond donors (Lipinski definition) is 0. The smallest absolute Gasteiger partial charge is 0.433 e. The quantitative estimate of drug-likeness (QED) is 0.842. The molecule has 2 aromatic heterocycles. The van der Waals surface area contributed by atoms with E-state index in [2.05, 4.69) is 19.9 Å². The average Bonchev–Trinajstić information content (AvgIpc) is 2.61. The fourth-order valence-corrected chi connectivity index (χ4v) is 2.73. The molecule has 0 bridgehead atoms. The number of anilines is 1. The van der Waals surface area contributed by atoms with E-state index in [-0.39, 0.29) is 5.92 Å². The first kappa shape index (κ1) is 17.4. The van der Waals surface area contributed by atoms with Crippen molar-refractivity contribution in [2.75, 3.05) is 24.6 Å². The predicted octanol–water partition coefficient (Wildman–Crippen LogP) is 2.89. The molecule has 0 aliphatic carbocycles. The molecule has 0 amide bonds. The van der Waals surface area contributed by atoms with Gasteiger partial charge in [-0.25, -0.2) is 19.9 Å². The number of ether oxygens (including phenoxy) is 1. The Kier molecular flexibility index (Phi) is 5.00. The van der Waals surface area contributed by atoms with Crippen LogP contribution in [0.4, 0.5) is 19.0 Å². The Hall–Kier alpha value is -2.45. The maximum atomic E-state index is 12.8. The first-order valence-corrected chi connectivity index (χ1v) is 7.97. The lowest BCUT2D eigenvalue weighted by molar-refractivity contribution is -0.141. The lowest BCUT2D eigenvalue weighted by Gasteiger charge is -2.33. The largest absolute Gasteiger partial charge is 0.463 e. The molecule has 0 N–H and O–H groups in total. The number of aryl methyl sites for hydroxylation is 1. The standard InChI is InChI=1S/C16H18F3N5O/c1-11-6-20-15(21-7-11)25-9-12-3-2-4-24(8-12)14-5-13(16(17,18)19)22-10-23-14/h5-7,10,12H,2-4,8-9H2,1H3. The second-order valence-electron chi connectivity index (χ2n) is 6.07. The van der Waals surface area contributed by atoms with Gasteiger partial charge in [0.05, 0.1) is 6.61 Å². The maximum absolute atomic E-state index is 12.8. The van der Waals surface area contributed by atoms with Gasteiger partial charge in [-0.05, 0) is 25.3 Å². The predicted molar refractivity (Wildman–Crippen MR) is 84.2 cm³/mol. The first-order chi connectivity index (χ1) is 11.9. The van der Waals surface area contributed by atoms with Gasteiger partial charge in [-0.1, -0.05) is 0 Å². The second kappa shape index (κ2) is 7.20. The van der Waals surface area contributed by atoms with Crippen LogP contribution < -0.4 is 9.64 Å². The lowest BCUT2D eigenvalue weighted by atomic mass is 9.99. The van der Waals surface area contributed by atoms with Crippen molar-refractivity contribution < 1.29 is 17.9 Å². The maximum Gasteiger partial charge on any atom is 0.433 e. The first-order valence-electron chi connectivity index (χ1n) is 7.97. The third kappa shape index (κ3) is 4.55. The topological polar surface area (TPSA) is 64.0 Å². The molecule has 1 aliphatic heterocycles. The van der Waals surface area contributed by atoms with Crippen molar-refractivity contribution >= 4 is 5.82 Å². The zero-order valence-corrected chi connectivity index (χ0v) is 13.7. The van der Waals surface area contributed by atoms with Gasteiger partial charge in [-0.15, -0.1) is 0 Å². The van der Waals surface area contributed by atoms with Crippen LogP contribution in [0.5, 0.6) is 6.01 Å². The van der Waals surface area contributed by atoms with Gasteiger partial charge in [0.2, 0.25) is 0 Å². The monoisotopic (exact) mass is 353 g/mol. The molecule has 1 atom stereocenters. The van der Waals surface area contributed by atoms with Gasteiger partial charge < -0.3 is 9.64 Å². The molecule has 0 saturated carbocycles. The van der Waals surface area contributed by atoms with Gasteiger partial charge in [-0.2, -0.15) is 13.2 Å². The summed E-state index contributed by atoms with van der Waals surface area (Å²) >= 11 is 0. The van der Waals surface area contributed by atoms with Gasteiger partial charge in [0.25, 0.3) is 0 Å². The zero-order valence-electron chi connectivity index (χ0n) is 13.7. The molecule has 3 heterocycles. The normalized spacial score (nSPS) is 18.2. The van der Waals surface area contributed by atoms with Crippen molar-refractivity contribution in [1.29, 1.82) is 0 Å². The van der Waals surface area contributed by atoms with E-state index in [0.29, 0.717) is 31.5 Å². The van der Waals surface area contributed by atoms with Crippen molar-refractivity contribution in [3.05, 3.63) is 36.0 Å². The van der Waals surface area contributed by atoms with Crippen molar-refractivity contribution in [1.82, 2.24) is 19.9 Å². The van der Waals surface area contributed by atoms with Crippen LogP contribution in [0.3, 0.4) is 0 Å². The van der Waals surface area contributed by atoms with Crippen LogP contribution in [0.1, 0.15) is 24.1 Å². The molecule has 0 spiro atoms. The molecule has 0 aromatic carbocycles.